The molecule has 0 aliphatic carbocycles. The fourth-order valence-corrected chi connectivity index (χ4v) is 1.03. The van der Waals surface area contributed by atoms with Gasteiger partial charge in [0.1, 0.15) is 0 Å². The summed E-state index contributed by atoms with van der Waals surface area (Å²) in [6, 6.07) is 0. The van der Waals surface area contributed by atoms with Crippen molar-refractivity contribution in [1.29, 1.82) is 5.53 Å². The molecule has 0 heterocycles. The first kappa shape index (κ1) is 16.5. The maximum atomic E-state index is 10.1. The molecule has 0 rings (SSSR count). The largest absolute Gasteiger partial charge is 0.481 e. The number of hydrogen-bond acceptors (Lipinski definition) is 3. The van der Waals surface area contributed by atoms with Gasteiger partial charge in [-0.2, -0.15) is 0 Å². The lowest BCUT2D eigenvalue weighted by Crippen LogP contribution is -1.93. The van der Waals surface area contributed by atoms with Crippen LogP contribution < -0.4 is 0 Å². The number of azide groups is 1. The first-order valence-corrected chi connectivity index (χ1v) is 4.92. The first-order valence-electron chi connectivity index (χ1n) is 4.92. The lowest BCUT2D eigenvalue weighted by Gasteiger charge is -1.97. The van der Waals surface area contributed by atoms with Gasteiger partial charge in [-0.3, -0.25) is 4.79 Å². The number of carbonyl (C=O) groups is 1. The molecule has 0 unspecified atom stereocenters. The number of rotatable bonds is 8. The van der Waals surface area contributed by atoms with Gasteiger partial charge in [0, 0.05) is 17.9 Å². The predicted molar refractivity (Wildman–Crippen MR) is 58.8 cm³/mol. The molecule has 2 N–H and O–H groups in total. The number of unbranched alkanes of at least 4 members (excludes halogenated alkanes) is 4. The van der Waals surface area contributed by atoms with Crippen molar-refractivity contribution in [3.63, 3.8) is 0 Å². The Morgan fingerprint density at radius 3 is 2.19 bits per heavy atom. The maximum Gasteiger partial charge on any atom is 0.303 e. The van der Waals surface area contributed by atoms with Crippen LogP contribution in [0.4, 0.5) is 0 Å². The highest BCUT2D eigenvalue weighted by atomic mass is 16.4. The van der Waals surface area contributed by atoms with Gasteiger partial charge in [0.25, 0.3) is 0 Å². The van der Waals surface area contributed by atoms with Crippen molar-refractivity contribution in [2.45, 2.75) is 38.5 Å². The van der Waals surface area contributed by atoms with E-state index in [2.05, 4.69) is 10.0 Å². The third kappa shape index (κ3) is 22.7. The zero-order chi connectivity index (χ0) is 12.6. The zero-order valence-corrected chi connectivity index (χ0v) is 9.04. The van der Waals surface area contributed by atoms with Crippen LogP contribution in [0.1, 0.15) is 38.5 Å². The monoisotopic (exact) mass is 228 g/mol. The molecule has 8 heteroatoms. The predicted octanol–water partition coefficient (Wildman–Crippen LogP) is 3.60. The smallest absolute Gasteiger partial charge is 0.303 e. The summed E-state index contributed by atoms with van der Waals surface area (Å²) < 4.78 is 0. The Labute approximate surface area is 93.3 Å². The SMILES string of the molecule is [N-]=[N+]=N.[N-]=[N+]=NCCCCCCCC(=O)O. The van der Waals surface area contributed by atoms with Crippen LogP contribution in [0, 0.1) is 5.53 Å². The van der Waals surface area contributed by atoms with Crippen LogP contribution in [-0.4, -0.2) is 17.6 Å². The summed E-state index contributed by atoms with van der Waals surface area (Å²) in [6.07, 6.45) is 4.89. The number of carboxylic acid groups (broad SMARTS) is 1. The summed E-state index contributed by atoms with van der Waals surface area (Å²) in [6.45, 7) is 0.551. The van der Waals surface area contributed by atoms with E-state index in [0.717, 1.165) is 32.1 Å². The van der Waals surface area contributed by atoms with Gasteiger partial charge in [-0.05, 0) is 28.8 Å². The molecule has 0 spiro atoms. The standard InChI is InChI=1S/C8H15N3O2.HN3/c9-11-10-7-5-3-1-2-4-6-8(12)13;1-3-2/h1-7H2,(H,12,13);1H. The van der Waals surface area contributed by atoms with Crippen molar-refractivity contribution in [2.24, 2.45) is 5.11 Å². The number of carboxylic acids is 1. The molecule has 8 nitrogen and oxygen atoms in total. The Balaban J connectivity index is 0. The third-order valence-corrected chi connectivity index (χ3v) is 1.71. The lowest BCUT2D eigenvalue weighted by atomic mass is 10.1. The molecular weight excluding hydrogens is 212 g/mol. The van der Waals surface area contributed by atoms with Gasteiger partial charge >= 0.3 is 5.97 Å². The topological polar surface area (TPSA) is 146 Å². The zero-order valence-electron chi connectivity index (χ0n) is 9.04. The third-order valence-electron chi connectivity index (χ3n) is 1.71. The van der Waals surface area contributed by atoms with Crippen LogP contribution in [0.2, 0.25) is 0 Å². The second-order valence-corrected chi connectivity index (χ2v) is 2.97. The molecule has 0 aromatic rings. The van der Waals surface area contributed by atoms with Crippen molar-refractivity contribution < 1.29 is 9.90 Å². The second kappa shape index (κ2) is 15.6. The maximum absolute atomic E-state index is 10.1. The van der Waals surface area contributed by atoms with E-state index in [1.165, 1.54) is 0 Å². The van der Waals surface area contributed by atoms with E-state index in [4.69, 9.17) is 21.7 Å². The average molecular weight is 228 g/mol. The highest BCUT2D eigenvalue weighted by Crippen LogP contribution is 2.05. The molecular formula is C8H16N6O2. The first-order chi connectivity index (χ1) is 7.68. The molecule has 0 aromatic carbocycles. The fourth-order valence-electron chi connectivity index (χ4n) is 1.03. The molecule has 0 saturated carbocycles. The van der Waals surface area contributed by atoms with Gasteiger partial charge in [0.05, 0.1) is 0 Å². The average Bonchev–Trinajstić information content (AvgIpc) is 2.23. The van der Waals surface area contributed by atoms with Crippen molar-refractivity contribution >= 4 is 5.97 Å². The van der Waals surface area contributed by atoms with Crippen LogP contribution in [0.3, 0.4) is 0 Å². The van der Waals surface area contributed by atoms with E-state index >= 15 is 0 Å². The van der Waals surface area contributed by atoms with Crippen LogP contribution in [0.15, 0.2) is 5.11 Å². The quantitative estimate of drug-likeness (QED) is 0.283. The number of nitrogens with one attached hydrogen (secondary N) is 1. The summed E-state index contributed by atoms with van der Waals surface area (Å²) in [5, 5.41) is 11.7. The molecule has 90 valence electrons. The minimum absolute atomic E-state index is 0.260. The van der Waals surface area contributed by atoms with E-state index in [-0.39, 0.29) is 6.42 Å². The van der Waals surface area contributed by atoms with Gasteiger partial charge in [-0.1, -0.05) is 24.4 Å². The number of nitrogens with zero attached hydrogens (tertiary/aromatic N) is 5. The van der Waals surface area contributed by atoms with Crippen molar-refractivity contribution in [3.8, 4) is 0 Å². The van der Waals surface area contributed by atoms with Crippen LogP contribution in [0.25, 0.3) is 20.9 Å². The van der Waals surface area contributed by atoms with Gasteiger partial charge in [0.15, 0.2) is 0 Å². The summed E-state index contributed by atoms with van der Waals surface area (Å²) in [4.78, 5) is 14.5. The minimum atomic E-state index is -0.728. The highest BCUT2D eigenvalue weighted by molar-refractivity contribution is 5.66. The molecule has 0 aliphatic rings. The second-order valence-electron chi connectivity index (χ2n) is 2.97. The molecule has 16 heavy (non-hydrogen) atoms. The van der Waals surface area contributed by atoms with Crippen molar-refractivity contribution in [1.82, 2.24) is 0 Å². The number of hydrogen-bond donors (Lipinski definition) is 2. The summed E-state index contributed by atoms with van der Waals surface area (Å²) in [5.41, 5.74) is 20.2. The van der Waals surface area contributed by atoms with Gasteiger partial charge in [-0.25, -0.2) is 0 Å². The van der Waals surface area contributed by atoms with Crippen molar-refractivity contribution in [3.05, 3.63) is 20.9 Å². The normalized spacial score (nSPS) is 8.00. The molecule has 0 saturated heterocycles. The van der Waals surface area contributed by atoms with E-state index in [1.807, 2.05) is 0 Å². The molecule has 0 bridgehead atoms. The van der Waals surface area contributed by atoms with E-state index < -0.39 is 5.97 Å². The van der Waals surface area contributed by atoms with Crippen molar-refractivity contribution in [2.75, 3.05) is 6.54 Å². The highest BCUT2D eigenvalue weighted by Gasteiger charge is 1.95. The van der Waals surface area contributed by atoms with E-state index in [0.29, 0.717) is 6.54 Å². The molecule has 0 aromatic heterocycles. The Morgan fingerprint density at radius 2 is 1.69 bits per heavy atom. The molecule has 0 aliphatic heterocycles. The van der Waals surface area contributed by atoms with Crippen LogP contribution >= 0.6 is 0 Å². The molecule has 0 radical (unpaired) electrons. The summed E-state index contributed by atoms with van der Waals surface area (Å²) in [7, 11) is 0. The summed E-state index contributed by atoms with van der Waals surface area (Å²) >= 11 is 0. The Kier molecular flexibility index (Phi) is 16.1. The Hall–Kier alpha value is -1.91. The number of aliphatic carboxylic acids is 1. The van der Waals surface area contributed by atoms with Gasteiger partial charge < -0.3 is 5.11 Å². The Morgan fingerprint density at radius 1 is 1.19 bits per heavy atom. The van der Waals surface area contributed by atoms with Crippen LogP contribution in [-0.2, 0) is 4.79 Å². The fraction of sp³-hybridized carbons (Fsp3) is 0.875. The van der Waals surface area contributed by atoms with Gasteiger partial charge in [0.2, 0.25) is 0 Å². The molecule has 0 amide bonds. The molecule has 0 fully saturated rings. The van der Waals surface area contributed by atoms with E-state index in [1.54, 1.807) is 4.91 Å². The summed E-state index contributed by atoms with van der Waals surface area (Å²) in [5.74, 6) is -0.728. The lowest BCUT2D eigenvalue weighted by molar-refractivity contribution is -0.137. The minimum Gasteiger partial charge on any atom is -0.481 e. The van der Waals surface area contributed by atoms with E-state index in [9.17, 15) is 4.79 Å². The van der Waals surface area contributed by atoms with Gasteiger partial charge in [-0.15, -0.1) is 5.53 Å². The Bertz CT molecular complexity index is 249. The van der Waals surface area contributed by atoms with Crippen LogP contribution in [0.5, 0.6) is 0 Å². The molecule has 0 atom stereocenters.